The molecule has 0 N–H and O–H groups in total. The first-order valence-electron chi connectivity index (χ1n) is 12.5. The number of para-hydroxylation sites is 1. The fraction of sp³-hybridized carbons (Fsp3) is 0.429. The van der Waals surface area contributed by atoms with Gasteiger partial charge in [-0.1, -0.05) is 30.3 Å². The highest BCUT2D eigenvalue weighted by molar-refractivity contribution is 5.99. The molecule has 176 valence electrons. The second-order valence-electron chi connectivity index (χ2n) is 9.95. The van der Waals surface area contributed by atoms with E-state index >= 15 is 0 Å². The zero-order chi connectivity index (χ0) is 23.2. The fourth-order valence-electron chi connectivity index (χ4n) is 5.86. The van der Waals surface area contributed by atoms with Gasteiger partial charge >= 0.3 is 0 Å². The SMILES string of the molecule is COc1ccc(CN2CCC(N3C(=O)c4c(c(C)nn4-c4ccccc4)C3C3CC3)CC2)cc1. The highest BCUT2D eigenvalue weighted by Crippen LogP contribution is 2.52. The van der Waals surface area contributed by atoms with E-state index in [0.717, 1.165) is 55.3 Å². The first kappa shape index (κ1) is 21.4. The van der Waals surface area contributed by atoms with Crippen molar-refractivity contribution < 1.29 is 9.53 Å². The van der Waals surface area contributed by atoms with Crippen LogP contribution < -0.4 is 4.74 Å². The van der Waals surface area contributed by atoms with Crippen molar-refractivity contribution in [2.24, 2.45) is 5.92 Å². The van der Waals surface area contributed by atoms with Gasteiger partial charge < -0.3 is 9.64 Å². The van der Waals surface area contributed by atoms with Crippen molar-refractivity contribution in [1.29, 1.82) is 0 Å². The van der Waals surface area contributed by atoms with Gasteiger partial charge in [-0.25, -0.2) is 4.68 Å². The molecular formula is C28H32N4O2. The van der Waals surface area contributed by atoms with Crippen LogP contribution in [-0.2, 0) is 6.54 Å². The Kier molecular flexibility index (Phi) is 5.41. The second kappa shape index (κ2) is 8.58. The Balaban J connectivity index is 1.21. The number of amides is 1. The van der Waals surface area contributed by atoms with Crippen LogP contribution in [-0.4, -0.2) is 51.7 Å². The molecule has 2 aliphatic heterocycles. The number of methoxy groups -OCH3 is 1. The number of aryl methyl sites for hydroxylation is 1. The number of fused-ring (bicyclic) bond motifs is 1. The van der Waals surface area contributed by atoms with Gasteiger partial charge in [0.15, 0.2) is 0 Å². The van der Waals surface area contributed by atoms with E-state index in [2.05, 4.69) is 28.9 Å². The first-order chi connectivity index (χ1) is 16.6. The van der Waals surface area contributed by atoms with Gasteiger partial charge in [0.1, 0.15) is 11.4 Å². The lowest BCUT2D eigenvalue weighted by atomic mass is 9.98. The monoisotopic (exact) mass is 456 g/mol. The average molecular weight is 457 g/mol. The van der Waals surface area contributed by atoms with Crippen LogP contribution in [0.1, 0.15) is 59.0 Å². The molecule has 6 rings (SSSR count). The van der Waals surface area contributed by atoms with Crippen molar-refractivity contribution in [1.82, 2.24) is 19.6 Å². The van der Waals surface area contributed by atoms with Gasteiger partial charge in [-0.2, -0.15) is 5.10 Å². The number of ether oxygens (including phenoxy) is 1. The lowest BCUT2D eigenvalue weighted by Crippen LogP contribution is -2.46. The Morgan fingerprint density at radius 3 is 2.32 bits per heavy atom. The lowest BCUT2D eigenvalue weighted by Gasteiger charge is -2.40. The Bertz CT molecular complexity index is 1180. The van der Waals surface area contributed by atoms with Crippen molar-refractivity contribution >= 4 is 5.91 Å². The van der Waals surface area contributed by atoms with Crippen molar-refractivity contribution in [3.8, 4) is 11.4 Å². The molecule has 3 aromatic rings. The lowest BCUT2D eigenvalue weighted by molar-refractivity contribution is 0.0448. The number of carbonyl (C=O) groups is 1. The smallest absolute Gasteiger partial charge is 0.273 e. The predicted molar refractivity (Wildman–Crippen MR) is 131 cm³/mol. The van der Waals surface area contributed by atoms with E-state index < -0.39 is 0 Å². The van der Waals surface area contributed by atoms with Crippen LogP contribution in [0.3, 0.4) is 0 Å². The molecule has 1 saturated carbocycles. The quantitative estimate of drug-likeness (QED) is 0.537. The number of aromatic nitrogens is 2. The minimum Gasteiger partial charge on any atom is -0.497 e. The molecule has 1 amide bonds. The Labute approximate surface area is 201 Å². The summed E-state index contributed by atoms with van der Waals surface area (Å²) < 4.78 is 7.17. The molecule has 0 radical (unpaired) electrons. The summed E-state index contributed by atoms with van der Waals surface area (Å²) in [5.74, 6) is 1.64. The van der Waals surface area contributed by atoms with Gasteiger partial charge in [0.05, 0.1) is 24.5 Å². The van der Waals surface area contributed by atoms with Crippen molar-refractivity contribution in [2.75, 3.05) is 20.2 Å². The van der Waals surface area contributed by atoms with E-state index in [0.29, 0.717) is 12.0 Å². The number of hydrogen-bond acceptors (Lipinski definition) is 4. The summed E-state index contributed by atoms with van der Waals surface area (Å²) in [6.07, 6.45) is 4.46. The van der Waals surface area contributed by atoms with Crippen LogP contribution >= 0.6 is 0 Å². The molecule has 3 aliphatic rings. The predicted octanol–water partition coefficient (Wildman–Crippen LogP) is 4.76. The van der Waals surface area contributed by atoms with Gasteiger partial charge in [0.25, 0.3) is 5.91 Å². The van der Waals surface area contributed by atoms with E-state index in [1.54, 1.807) is 7.11 Å². The molecular weight excluding hydrogens is 424 g/mol. The van der Waals surface area contributed by atoms with Crippen LogP contribution in [0.2, 0.25) is 0 Å². The van der Waals surface area contributed by atoms with Crippen LogP contribution in [0.4, 0.5) is 0 Å². The Morgan fingerprint density at radius 2 is 1.68 bits per heavy atom. The summed E-state index contributed by atoms with van der Waals surface area (Å²) in [7, 11) is 1.70. The second-order valence-corrected chi connectivity index (χ2v) is 9.95. The Morgan fingerprint density at radius 1 is 0.971 bits per heavy atom. The zero-order valence-corrected chi connectivity index (χ0v) is 20.0. The molecule has 0 bridgehead atoms. The fourth-order valence-corrected chi connectivity index (χ4v) is 5.86. The molecule has 6 heteroatoms. The number of nitrogens with zero attached hydrogens (tertiary/aromatic N) is 4. The largest absolute Gasteiger partial charge is 0.497 e. The normalized spacial score (nSPS) is 21.2. The standard InChI is InChI=1S/C28H32N4O2/c1-19-25-26(21-10-11-21)31(28(33)27(25)32(29-19)23-6-4-3-5-7-23)22-14-16-30(17-15-22)18-20-8-12-24(34-2)13-9-20/h3-9,12-13,21-22,26H,10-11,14-18H2,1-2H3. The maximum Gasteiger partial charge on any atom is 0.273 e. The van der Waals surface area contributed by atoms with Crippen LogP contribution in [0.25, 0.3) is 5.69 Å². The maximum absolute atomic E-state index is 13.9. The highest BCUT2D eigenvalue weighted by Gasteiger charge is 2.51. The van der Waals surface area contributed by atoms with E-state index in [1.165, 1.54) is 24.0 Å². The van der Waals surface area contributed by atoms with E-state index in [-0.39, 0.29) is 11.9 Å². The van der Waals surface area contributed by atoms with Crippen LogP contribution in [0.15, 0.2) is 54.6 Å². The number of rotatable bonds is 6. The summed E-state index contributed by atoms with van der Waals surface area (Å²) in [4.78, 5) is 18.7. The first-order valence-corrected chi connectivity index (χ1v) is 12.5. The molecule has 1 unspecified atom stereocenters. The molecule has 2 aromatic carbocycles. The minimum absolute atomic E-state index is 0.171. The summed E-state index contributed by atoms with van der Waals surface area (Å²) in [5.41, 5.74) is 5.24. The summed E-state index contributed by atoms with van der Waals surface area (Å²) in [6.45, 7) is 5.04. The average Bonchev–Trinajstić information content (AvgIpc) is 3.59. The third-order valence-electron chi connectivity index (χ3n) is 7.72. The van der Waals surface area contributed by atoms with E-state index in [1.807, 2.05) is 47.1 Å². The van der Waals surface area contributed by atoms with E-state index in [4.69, 9.17) is 9.84 Å². The van der Waals surface area contributed by atoms with Crippen LogP contribution in [0, 0.1) is 12.8 Å². The number of hydrogen-bond donors (Lipinski definition) is 0. The van der Waals surface area contributed by atoms with Crippen molar-refractivity contribution in [2.45, 2.75) is 51.2 Å². The van der Waals surface area contributed by atoms with Gasteiger partial charge in [-0.15, -0.1) is 0 Å². The van der Waals surface area contributed by atoms with Gasteiger partial charge in [-0.05, 0) is 68.4 Å². The summed E-state index contributed by atoms with van der Waals surface area (Å²) in [5, 5.41) is 4.82. The van der Waals surface area contributed by atoms with Gasteiger partial charge in [0.2, 0.25) is 0 Å². The molecule has 1 saturated heterocycles. The Hall–Kier alpha value is -3.12. The van der Waals surface area contributed by atoms with Gasteiger partial charge in [-0.3, -0.25) is 9.69 Å². The van der Waals surface area contributed by atoms with E-state index in [9.17, 15) is 4.79 Å². The molecule has 1 atom stereocenters. The zero-order valence-electron chi connectivity index (χ0n) is 20.0. The topological polar surface area (TPSA) is 50.6 Å². The summed E-state index contributed by atoms with van der Waals surface area (Å²) >= 11 is 0. The highest BCUT2D eigenvalue weighted by atomic mass is 16.5. The molecule has 0 spiro atoms. The third kappa shape index (κ3) is 3.70. The molecule has 6 nitrogen and oxygen atoms in total. The molecule has 2 fully saturated rings. The van der Waals surface area contributed by atoms with Crippen LogP contribution in [0.5, 0.6) is 5.75 Å². The molecule has 1 aromatic heterocycles. The van der Waals surface area contributed by atoms with Gasteiger partial charge in [0, 0.05) is 31.2 Å². The number of carbonyl (C=O) groups excluding carboxylic acids is 1. The summed E-state index contributed by atoms with van der Waals surface area (Å²) in [6, 6.07) is 18.9. The number of likely N-dealkylation sites (tertiary alicyclic amines) is 1. The maximum atomic E-state index is 13.9. The molecule has 34 heavy (non-hydrogen) atoms. The molecule has 1 aliphatic carbocycles. The number of piperidine rings is 1. The van der Waals surface area contributed by atoms with Crippen molar-refractivity contribution in [3.63, 3.8) is 0 Å². The minimum atomic E-state index is 0.171. The third-order valence-corrected chi connectivity index (χ3v) is 7.72. The van der Waals surface area contributed by atoms with Crippen molar-refractivity contribution in [3.05, 3.63) is 77.1 Å². The molecule has 3 heterocycles. The number of benzene rings is 2.